The smallest absolute Gasteiger partial charge is 0.134 e. The van der Waals surface area contributed by atoms with E-state index in [1.54, 1.807) is 0 Å². The summed E-state index contributed by atoms with van der Waals surface area (Å²) in [5.74, 6) is -2.90. The van der Waals surface area contributed by atoms with Crippen LogP contribution in [0.15, 0.2) is 18.2 Å². The molecule has 0 amide bonds. The third kappa shape index (κ3) is 1.52. The van der Waals surface area contributed by atoms with Gasteiger partial charge in [0.25, 0.3) is 0 Å². The molecule has 0 saturated heterocycles. The Labute approximate surface area is 61.6 Å². The van der Waals surface area contributed by atoms with E-state index in [0.29, 0.717) is 6.07 Å². The molecule has 1 aromatic rings. The molecule has 11 heavy (non-hydrogen) atoms. The summed E-state index contributed by atoms with van der Waals surface area (Å²) in [7, 11) is 0. The Hall–Kier alpha value is -1.45. The average Bonchev–Trinajstić information content (AvgIpc) is 1.85. The summed E-state index contributed by atoms with van der Waals surface area (Å²) in [6.45, 7) is 0. The Morgan fingerprint density at radius 2 is 2.00 bits per heavy atom. The van der Waals surface area contributed by atoms with E-state index in [4.69, 9.17) is 5.41 Å². The summed E-state index contributed by atoms with van der Waals surface area (Å²) in [5.41, 5.74) is -0.411. The predicted octanol–water partition coefficient (Wildman–Crippen LogP) is 0.650. The van der Waals surface area contributed by atoms with E-state index in [-0.39, 0.29) is 0 Å². The second-order valence-electron chi connectivity index (χ2n) is 1.95. The molecule has 0 bridgehead atoms. The molecule has 2 nitrogen and oxygen atoms in total. The van der Waals surface area contributed by atoms with Gasteiger partial charge in [0, 0.05) is 11.6 Å². The summed E-state index contributed by atoms with van der Waals surface area (Å²) in [6.07, 6.45) is 0. The highest BCUT2D eigenvalue weighted by Gasteiger charge is 2.01. The van der Waals surface area contributed by atoms with Gasteiger partial charge >= 0.3 is 0 Å². The standard InChI is InChI=1S/C7H5F2NO/c8-4-1-2-5(7(10)11)6(9)3-4/h1-3H,(H2,10,11)/p-1. The van der Waals surface area contributed by atoms with Crippen molar-refractivity contribution >= 4 is 5.90 Å². The maximum Gasteiger partial charge on any atom is 0.134 e. The molecule has 1 aromatic carbocycles. The summed E-state index contributed by atoms with van der Waals surface area (Å²) >= 11 is 0. The molecule has 0 unspecified atom stereocenters. The highest BCUT2D eigenvalue weighted by atomic mass is 19.1. The first kappa shape index (κ1) is 7.65. The lowest BCUT2D eigenvalue weighted by molar-refractivity contribution is -0.214. The molecule has 0 aliphatic rings. The number of benzene rings is 1. The molecular weight excluding hydrogens is 152 g/mol. The van der Waals surface area contributed by atoms with Crippen molar-refractivity contribution in [2.24, 2.45) is 0 Å². The normalized spacial score (nSPS) is 9.64. The van der Waals surface area contributed by atoms with Gasteiger partial charge in [0.2, 0.25) is 0 Å². The van der Waals surface area contributed by atoms with E-state index in [1.165, 1.54) is 0 Å². The van der Waals surface area contributed by atoms with Crippen LogP contribution in [0.5, 0.6) is 0 Å². The SMILES string of the molecule is N=C([O-])c1ccc(F)cc1F. The maximum atomic E-state index is 12.5. The van der Waals surface area contributed by atoms with Gasteiger partial charge in [0.05, 0.1) is 0 Å². The first-order valence-electron chi connectivity index (χ1n) is 2.82. The Bertz CT molecular complexity index is 298. The van der Waals surface area contributed by atoms with E-state index in [9.17, 15) is 13.9 Å². The number of nitrogens with one attached hydrogen (secondary N) is 1. The van der Waals surface area contributed by atoms with E-state index >= 15 is 0 Å². The van der Waals surface area contributed by atoms with Crippen molar-refractivity contribution in [1.29, 1.82) is 5.41 Å². The minimum Gasteiger partial charge on any atom is -0.859 e. The largest absolute Gasteiger partial charge is 0.859 e. The fourth-order valence-electron chi connectivity index (χ4n) is 0.674. The minimum absolute atomic E-state index is 0.411. The van der Waals surface area contributed by atoms with Crippen molar-refractivity contribution in [3.8, 4) is 0 Å². The average molecular weight is 156 g/mol. The summed E-state index contributed by atoms with van der Waals surface area (Å²) in [4.78, 5) is 0. The molecule has 0 radical (unpaired) electrons. The summed E-state index contributed by atoms with van der Waals surface area (Å²) < 4.78 is 24.7. The van der Waals surface area contributed by atoms with Crippen molar-refractivity contribution in [2.75, 3.05) is 0 Å². The van der Waals surface area contributed by atoms with Gasteiger partial charge in [-0.25, -0.2) is 8.78 Å². The van der Waals surface area contributed by atoms with Crippen molar-refractivity contribution in [1.82, 2.24) is 0 Å². The van der Waals surface area contributed by atoms with Gasteiger partial charge in [0.1, 0.15) is 11.6 Å². The molecular formula is C7H4F2NO-. The van der Waals surface area contributed by atoms with Gasteiger partial charge in [-0.15, -0.1) is 0 Å². The van der Waals surface area contributed by atoms with E-state index in [0.717, 1.165) is 12.1 Å². The number of hydrogen-bond acceptors (Lipinski definition) is 2. The van der Waals surface area contributed by atoms with Crippen LogP contribution in [0.4, 0.5) is 8.78 Å². The maximum absolute atomic E-state index is 12.5. The van der Waals surface area contributed by atoms with Crippen LogP contribution in [0.3, 0.4) is 0 Å². The van der Waals surface area contributed by atoms with Crippen LogP contribution in [-0.2, 0) is 0 Å². The molecule has 0 aliphatic heterocycles. The highest BCUT2D eigenvalue weighted by molar-refractivity contribution is 5.88. The first-order valence-corrected chi connectivity index (χ1v) is 2.82. The molecule has 1 rings (SSSR count). The Morgan fingerprint density at radius 1 is 1.36 bits per heavy atom. The molecule has 0 fully saturated rings. The third-order valence-electron chi connectivity index (χ3n) is 1.18. The van der Waals surface area contributed by atoms with Gasteiger partial charge in [-0.2, -0.15) is 0 Å². The topological polar surface area (TPSA) is 46.9 Å². The van der Waals surface area contributed by atoms with Gasteiger partial charge in [0.15, 0.2) is 0 Å². The molecule has 0 aliphatic carbocycles. The molecule has 0 saturated carbocycles. The van der Waals surface area contributed by atoms with Crippen molar-refractivity contribution in [2.45, 2.75) is 0 Å². The fraction of sp³-hybridized carbons (Fsp3) is 0. The Kier molecular flexibility index (Phi) is 1.85. The minimum atomic E-state index is -1.15. The van der Waals surface area contributed by atoms with Crippen molar-refractivity contribution in [3.63, 3.8) is 0 Å². The molecule has 1 N–H and O–H groups in total. The summed E-state index contributed by atoms with van der Waals surface area (Å²) in [6, 6.07) is 2.45. The lowest BCUT2D eigenvalue weighted by Gasteiger charge is -2.07. The molecule has 0 aromatic heterocycles. The van der Waals surface area contributed by atoms with Crippen LogP contribution in [-0.4, -0.2) is 5.90 Å². The Balaban J connectivity index is 3.20. The van der Waals surface area contributed by atoms with E-state index in [2.05, 4.69) is 0 Å². The number of halogens is 2. The summed E-state index contributed by atoms with van der Waals surface area (Å²) in [5, 5.41) is 16.8. The lowest BCUT2D eigenvalue weighted by atomic mass is 10.2. The zero-order valence-electron chi connectivity index (χ0n) is 5.40. The third-order valence-corrected chi connectivity index (χ3v) is 1.18. The van der Waals surface area contributed by atoms with Crippen LogP contribution in [0, 0.1) is 17.0 Å². The van der Waals surface area contributed by atoms with Crippen molar-refractivity contribution < 1.29 is 13.9 Å². The molecule has 0 spiro atoms. The zero-order chi connectivity index (χ0) is 8.43. The second-order valence-corrected chi connectivity index (χ2v) is 1.95. The number of hydrogen-bond donors (Lipinski definition) is 1. The van der Waals surface area contributed by atoms with Gasteiger partial charge < -0.3 is 10.5 Å². The van der Waals surface area contributed by atoms with Crippen molar-refractivity contribution in [3.05, 3.63) is 35.4 Å². The monoisotopic (exact) mass is 156 g/mol. The van der Waals surface area contributed by atoms with Gasteiger partial charge in [-0.3, -0.25) is 0 Å². The van der Waals surface area contributed by atoms with Crippen LogP contribution in [0.2, 0.25) is 0 Å². The molecule has 0 heterocycles. The molecule has 58 valence electrons. The van der Waals surface area contributed by atoms with E-state index in [1.807, 2.05) is 0 Å². The zero-order valence-corrected chi connectivity index (χ0v) is 5.40. The highest BCUT2D eigenvalue weighted by Crippen LogP contribution is 2.07. The first-order chi connectivity index (χ1) is 5.11. The van der Waals surface area contributed by atoms with Crippen LogP contribution in [0.1, 0.15) is 5.56 Å². The number of rotatable bonds is 1. The van der Waals surface area contributed by atoms with E-state index < -0.39 is 23.1 Å². The fourth-order valence-corrected chi connectivity index (χ4v) is 0.674. The quantitative estimate of drug-likeness (QED) is 0.471. The van der Waals surface area contributed by atoms with Crippen LogP contribution in [0.25, 0.3) is 0 Å². The Morgan fingerprint density at radius 3 is 2.45 bits per heavy atom. The molecule has 0 atom stereocenters. The lowest BCUT2D eigenvalue weighted by Crippen LogP contribution is -2.18. The van der Waals surface area contributed by atoms with Crippen LogP contribution < -0.4 is 5.11 Å². The second kappa shape index (κ2) is 2.65. The predicted molar refractivity (Wildman–Crippen MR) is 33.2 cm³/mol. The molecule has 4 heteroatoms. The van der Waals surface area contributed by atoms with Gasteiger partial charge in [-0.1, -0.05) is 0 Å². The van der Waals surface area contributed by atoms with Crippen LogP contribution >= 0.6 is 0 Å². The van der Waals surface area contributed by atoms with Gasteiger partial charge in [-0.05, 0) is 18.0 Å².